The van der Waals surface area contributed by atoms with Gasteiger partial charge < -0.3 is 14.6 Å². The Morgan fingerprint density at radius 1 is 1.50 bits per heavy atom. The molecule has 3 heteroatoms. The molecule has 0 radical (unpaired) electrons. The summed E-state index contributed by atoms with van der Waals surface area (Å²) >= 11 is 0. The third kappa shape index (κ3) is 1.01. The molecule has 0 aromatic carbocycles. The molecule has 0 amide bonds. The van der Waals surface area contributed by atoms with E-state index in [1.165, 1.54) is 0 Å². The van der Waals surface area contributed by atoms with Crippen LogP contribution in [0.1, 0.15) is 13.3 Å². The highest BCUT2D eigenvalue weighted by Gasteiger charge is 2.32. The molecular formula is C9H12O3. The number of ether oxygens (including phenoxy) is 2. The Balaban J connectivity index is 2.10. The van der Waals surface area contributed by atoms with Crippen molar-refractivity contribution in [1.29, 1.82) is 0 Å². The van der Waals surface area contributed by atoms with Crippen molar-refractivity contribution in [3.05, 3.63) is 23.7 Å². The monoisotopic (exact) mass is 168 g/mol. The van der Waals surface area contributed by atoms with Crippen molar-refractivity contribution < 1.29 is 14.6 Å². The molecule has 0 bridgehead atoms. The van der Waals surface area contributed by atoms with Gasteiger partial charge in [-0.1, -0.05) is 13.0 Å². The zero-order chi connectivity index (χ0) is 8.55. The molecular weight excluding hydrogens is 156 g/mol. The second-order valence-corrected chi connectivity index (χ2v) is 2.95. The van der Waals surface area contributed by atoms with Crippen molar-refractivity contribution >= 4 is 0 Å². The second-order valence-electron chi connectivity index (χ2n) is 2.95. The molecule has 2 atom stereocenters. The molecule has 1 heterocycles. The second kappa shape index (κ2) is 2.83. The van der Waals surface area contributed by atoms with Gasteiger partial charge in [-0.15, -0.1) is 0 Å². The van der Waals surface area contributed by atoms with Crippen LogP contribution in [0.4, 0.5) is 0 Å². The van der Waals surface area contributed by atoms with Crippen LogP contribution in [0.15, 0.2) is 23.7 Å². The van der Waals surface area contributed by atoms with E-state index in [-0.39, 0.29) is 18.8 Å². The van der Waals surface area contributed by atoms with Crippen LogP contribution >= 0.6 is 0 Å². The predicted octanol–water partition coefficient (Wildman–Crippen LogP) is 1.16. The summed E-state index contributed by atoms with van der Waals surface area (Å²) in [6.07, 6.45) is 4.45. The van der Waals surface area contributed by atoms with Crippen LogP contribution in [0.3, 0.4) is 0 Å². The number of aliphatic hydroxyl groups is 1. The van der Waals surface area contributed by atoms with E-state index in [1.54, 1.807) is 0 Å². The van der Waals surface area contributed by atoms with Gasteiger partial charge in [0.25, 0.3) is 0 Å². The molecule has 2 aliphatic rings. The first-order valence-electron chi connectivity index (χ1n) is 4.21. The maximum atomic E-state index is 8.95. The molecule has 0 fully saturated rings. The highest BCUT2D eigenvalue weighted by Crippen LogP contribution is 2.35. The van der Waals surface area contributed by atoms with Crippen LogP contribution in [0.25, 0.3) is 0 Å². The van der Waals surface area contributed by atoms with Crippen molar-refractivity contribution in [1.82, 2.24) is 0 Å². The van der Waals surface area contributed by atoms with Gasteiger partial charge in [-0.3, -0.25) is 0 Å². The van der Waals surface area contributed by atoms with E-state index in [0.717, 1.165) is 17.9 Å². The molecule has 1 N–H and O–H groups in total. The van der Waals surface area contributed by atoms with E-state index < -0.39 is 0 Å². The Labute approximate surface area is 71.3 Å². The minimum atomic E-state index is -0.144. The van der Waals surface area contributed by atoms with Crippen LogP contribution in [-0.4, -0.2) is 18.0 Å². The van der Waals surface area contributed by atoms with Gasteiger partial charge in [-0.05, 0) is 6.08 Å². The predicted molar refractivity (Wildman–Crippen MR) is 43.0 cm³/mol. The lowest BCUT2D eigenvalue weighted by atomic mass is 10.2. The Hall–Kier alpha value is -0.960. The lowest BCUT2D eigenvalue weighted by Crippen LogP contribution is -2.11. The van der Waals surface area contributed by atoms with Crippen LogP contribution < -0.4 is 0 Å². The molecule has 12 heavy (non-hydrogen) atoms. The van der Waals surface area contributed by atoms with Crippen LogP contribution in [0.5, 0.6) is 0 Å². The number of aliphatic hydroxyl groups excluding tert-OH is 1. The molecule has 2 unspecified atom stereocenters. The average molecular weight is 168 g/mol. The van der Waals surface area contributed by atoms with E-state index in [1.807, 2.05) is 19.1 Å². The first-order valence-corrected chi connectivity index (χ1v) is 4.21. The molecule has 0 saturated carbocycles. The normalized spacial score (nSPS) is 31.8. The summed E-state index contributed by atoms with van der Waals surface area (Å²) in [5.74, 6) is 1.60. The van der Waals surface area contributed by atoms with Gasteiger partial charge >= 0.3 is 0 Å². The van der Waals surface area contributed by atoms with Crippen LogP contribution in [-0.2, 0) is 9.47 Å². The molecule has 1 aliphatic heterocycles. The summed E-state index contributed by atoms with van der Waals surface area (Å²) in [5.41, 5.74) is 0. The lowest BCUT2D eigenvalue weighted by molar-refractivity contribution is -0.0452. The summed E-state index contributed by atoms with van der Waals surface area (Å²) in [6, 6.07) is 0. The highest BCUT2D eigenvalue weighted by atomic mass is 16.7. The molecule has 2 rings (SSSR count). The fourth-order valence-electron chi connectivity index (χ4n) is 1.42. The van der Waals surface area contributed by atoms with Gasteiger partial charge in [-0.25, -0.2) is 0 Å². The van der Waals surface area contributed by atoms with E-state index in [4.69, 9.17) is 14.6 Å². The summed E-state index contributed by atoms with van der Waals surface area (Å²) in [5, 5.41) is 8.95. The van der Waals surface area contributed by atoms with Crippen molar-refractivity contribution in [2.45, 2.75) is 19.6 Å². The summed E-state index contributed by atoms with van der Waals surface area (Å²) in [7, 11) is 0. The molecule has 66 valence electrons. The highest BCUT2D eigenvalue weighted by molar-refractivity contribution is 5.31. The molecule has 3 nitrogen and oxygen atoms in total. The summed E-state index contributed by atoms with van der Waals surface area (Å²) in [4.78, 5) is 0. The van der Waals surface area contributed by atoms with Crippen molar-refractivity contribution in [3.8, 4) is 0 Å². The third-order valence-electron chi connectivity index (χ3n) is 2.11. The first-order chi connectivity index (χ1) is 5.85. The fraction of sp³-hybridized carbons (Fsp3) is 0.556. The molecule has 0 saturated heterocycles. The van der Waals surface area contributed by atoms with E-state index in [9.17, 15) is 0 Å². The molecule has 0 spiro atoms. The van der Waals surface area contributed by atoms with E-state index in [0.29, 0.717) is 0 Å². The van der Waals surface area contributed by atoms with Crippen molar-refractivity contribution in [2.24, 2.45) is 5.92 Å². The lowest BCUT2D eigenvalue weighted by Gasteiger charge is -2.12. The SMILES string of the molecule is CCC1OC2=C(O1)C(CO)C=C2. The third-order valence-corrected chi connectivity index (χ3v) is 2.11. The van der Waals surface area contributed by atoms with E-state index >= 15 is 0 Å². The van der Waals surface area contributed by atoms with Gasteiger partial charge in [0.1, 0.15) is 0 Å². The first kappa shape index (κ1) is 7.68. The standard InChI is InChI=1S/C9H12O3/c1-2-8-11-7-4-3-6(5-10)9(7)12-8/h3-4,6,8,10H,2,5H2,1H3. The molecule has 0 aromatic rings. The Kier molecular flexibility index (Phi) is 1.81. The maximum Gasteiger partial charge on any atom is 0.240 e. The topological polar surface area (TPSA) is 38.7 Å². The Bertz CT molecular complexity index is 242. The average Bonchev–Trinajstić information content (AvgIpc) is 2.61. The quantitative estimate of drug-likeness (QED) is 0.672. The number of hydrogen-bond donors (Lipinski definition) is 1. The fourth-order valence-corrected chi connectivity index (χ4v) is 1.42. The maximum absolute atomic E-state index is 8.95. The van der Waals surface area contributed by atoms with Crippen LogP contribution in [0, 0.1) is 5.92 Å². The van der Waals surface area contributed by atoms with E-state index in [2.05, 4.69) is 0 Å². The number of allylic oxidation sites excluding steroid dienone is 1. The van der Waals surface area contributed by atoms with Crippen molar-refractivity contribution in [3.63, 3.8) is 0 Å². The zero-order valence-electron chi connectivity index (χ0n) is 6.99. The van der Waals surface area contributed by atoms with Gasteiger partial charge in [0.05, 0.1) is 12.5 Å². The smallest absolute Gasteiger partial charge is 0.240 e. The summed E-state index contributed by atoms with van der Waals surface area (Å²) < 4.78 is 10.9. The Morgan fingerprint density at radius 2 is 2.33 bits per heavy atom. The Morgan fingerprint density at radius 3 is 3.00 bits per heavy atom. The van der Waals surface area contributed by atoms with Gasteiger partial charge in [0.15, 0.2) is 11.5 Å². The van der Waals surface area contributed by atoms with Gasteiger partial charge in [0, 0.05) is 6.42 Å². The van der Waals surface area contributed by atoms with Gasteiger partial charge in [-0.2, -0.15) is 0 Å². The molecule has 1 aliphatic carbocycles. The van der Waals surface area contributed by atoms with Crippen LogP contribution in [0.2, 0.25) is 0 Å². The van der Waals surface area contributed by atoms with Gasteiger partial charge in [0.2, 0.25) is 6.29 Å². The summed E-state index contributed by atoms with van der Waals surface area (Å²) in [6.45, 7) is 2.10. The largest absolute Gasteiger partial charge is 0.455 e. The number of rotatable bonds is 2. The van der Waals surface area contributed by atoms with Crippen molar-refractivity contribution in [2.75, 3.05) is 6.61 Å². The zero-order valence-corrected chi connectivity index (χ0v) is 6.99. The minimum absolute atomic E-state index is 0.0107. The number of hydrogen-bond acceptors (Lipinski definition) is 3. The minimum Gasteiger partial charge on any atom is -0.455 e. The molecule has 0 aromatic heterocycles.